The molecule has 6 heteroatoms. The molecule has 0 saturated carbocycles. The molecule has 0 heterocycles. The molecule has 2 atom stereocenters. The molecule has 372 valence electrons. The minimum atomic E-state index is -0.843. The van der Waals surface area contributed by atoms with Gasteiger partial charge in [0.15, 0.2) is 0 Å². The fraction of sp³-hybridized carbons (Fsp3) is 0.895. The summed E-state index contributed by atoms with van der Waals surface area (Å²) in [5, 5.41) is 23.0. The number of hydrogen-bond acceptors (Lipinski definition) is 5. The van der Waals surface area contributed by atoms with Gasteiger partial charge in [-0.3, -0.25) is 9.59 Å². The van der Waals surface area contributed by atoms with E-state index in [1.165, 1.54) is 231 Å². The van der Waals surface area contributed by atoms with Crippen LogP contribution in [0.2, 0.25) is 0 Å². The van der Waals surface area contributed by atoms with Crippen molar-refractivity contribution >= 4 is 11.9 Å². The Morgan fingerprint density at radius 1 is 0.429 bits per heavy atom. The van der Waals surface area contributed by atoms with E-state index in [4.69, 9.17) is 4.74 Å². The number of unbranched alkanes of at least 4 members (excludes halogenated alkanes) is 39. The minimum Gasteiger partial charge on any atom is -0.466 e. The lowest BCUT2D eigenvalue weighted by Crippen LogP contribution is -2.45. The molecule has 6 nitrogen and oxygen atoms in total. The number of ether oxygens (including phenoxy) is 1. The van der Waals surface area contributed by atoms with Crippen LogP contribution in [0.15, 0.2) is 24.3 Å². The van der Waals surface area contributed by atoms with Gasteiger partial charge >= 0.3 is 5.97 Å². The van der Waals surface area contributed by atoms with Crippen LogP contribution in [0.3, 0.4) is 0 Å². The fourth-order valence-corrected chi connectivity index (χ4v) is 8.63. The van der Waals surface area contributed by atoms with Crippen LogP contribution in [0.4, 0.5) is 0 Å². The van der Waals surface area contributed by atoms with E-state index in [9.17, 15) is 19.8 Å². The number of esters is 1. The van der Waals surface area contributed by atoms with Crippen molar-refractivity contribution in [1.82, 2.24) is 5.32 Å². The second-order valence-electron chi connectivity index (χ2n) is 19.3. The number of carbonyl (C=O) groups is 2. The number of aliphatic hydroxyl groups excluding tert-OH is 2. The van der Waals surface area contributed by atoms with Crippen molar-refractivity contribution in [2.45, 2.75) is 315 Å². The van der Waals surface area contributed by atoms with E-state index in [1.807, 2.05) is 6.08 Å². The fourth-order valence-electron chi connectivity index (χ4n) is 8.63. The molecule has 0 aliphatic rings. The Labute approximate surface area is 392 Å². The van der Waals surface area contributed by atoms with Gasteiger partial charge in [-0.05, 0) is 57.8 Å². The van der Waals surface area contributed by atoms with E-state index in [2.05, 4.69) is 31.3 Å². The third-order valence-electron chi connectivity index (χ3n) is 13.0. The highest BCUT2D eigenvalue weighted by Gasteiger charge is 2.18. The number of nitrogens with one attached hydrogen (secondary N) is 1. The number of allylic oxidation sites excluding steroid dienone is 3. The zero-order chi connectivity index (χ0) is 45.8. The van der Waals surface area contributed by atoms with Crippen LogP contribution in [0.5, 0.6) is 0 Å². The Hall–Kier alpha value is -1.66. The topological polar surface area (TPSA) is 95.9 Å². The third kappa shape index (κ3) is 49.6. The average molecular weight is 889 g/mol. The standard InChI is InChI=1S/C57H109NO5/c1-3-5-7-9-11-13-15-16-17-25-28-31-35-39-43-47-51-57(62)63-52-48-44-40-36-32-29-26-23-21-19-18-20-22-24-27-30-34-38-42-46-50-56(61)58-54(53-59)55(60)49-45-41-37-33-14-12-10-8-6-4-2/h17,25,45,49,54-55,59-60H,3-16,18-24,26-44,46-48,50-53H2,1-2H3,(H,58,61)/b25-17-,49-45+. The van der Waals surface area contributed by atoms with E-state index in [-0.39, 0.29) is 18.5 Å². The number of carbonyl (C=O) groups excluding carboxylic acids is 2. The number of rotatable bonds is 52. The van der Waals surface area contributed by atoms with Crippen LogP contribution < -0.4 is 5.32 Å². The SMILES string of the molecule is CCCCCCCCC/C=C\CCCCCCCC(=O)OCCCCCCCCCCCCCCCCCCCCCCC(=O)NC(CO)C(O)/C=C/CCCCCCCCCC. The maximum atomic E-state index is 12.4. The van der Waals surface area contributed by atoms with Crippen LogP contribution in [-0.4, -0.2) is 47.4 Å². The third-order valence-corrected chi connectivity index (χ3v) is 13.0. The van der Waals surface area contributed by atoms with Gasteiger partial charge in [-0.2, -0.15) is 0 Å². The van der Waals surface area contributed by atoms with Crippen molar-refractivity contribution in [2.24, 2.45) is 0 Å². The first-order valence-corrected chi connectivity index (χ1v) is 28.1. The van der Waals surface area contributed by atoms with Crippen LogP contribution in [0.25, 0.3) is 0 Å². The second-order valence-corrected chi connectivity index (χ2v) is 19.3. The van der Waals surface area contributed by atoms with Gasteiger partial charge < -0.3 is 20.3 Å². The molecule has 0 radical (unpaired) electrons. The van der Waals surface area contributed by atoms with E-state index in [1.54, 1.807) is 6.08 Å². The van der Waals surface area contributed by atoms with E-state index in [0.29, 0.717) is 19.4 Å². The smallest absolute Gasteiger partial charge is 0.305 e. The first kappa shape index (κ1) is 61.3. The molecule has 0 aliphatic carbocycles. The average Bonchev–Trinajstić information content (AvgIpc) is 3.28. The van der Waals surface area contributed by atoms with Gasteiger partial charge in [0.1, 0.15) is 0 Å². The Morgan fingerprint density at radius 2 is 0.746 bits per heavy atom. The first-order valence-electron chi connectivity index (χ1n) is 28.1. The van der Waals surface area contributed by atoms with Crippen molar-refractivity contribution < 1.29 is 24.5 Å². The summed E-state index contributed by atoms with van der Waals surface area (Å²) in [4.78, 5) is 24.4. The summed E-state index contributed by atoms with van der Waals surface area (Å²) in [6.07, 6.45) is 63.4. The molecule has 3 N–H and O–H groups in total. The molecule has 1 amide bonds. The van der Waals surface area contributed by atoms with Gasteiger partial charge in [-0.25, -0.2) is 0 Å². The quantitative estimate of drug-likeness (QED) is 0.0321. The molecular formula is C57H109NO5. The van der Waals surface area contributed by atoms with Crippen molar-refractivity contribution in [3.63, 3.8) is 0 Å². The van der Waals surface area contributed by atoms with Crippen molar-refractivity contribution in [3.8, 4) is 0 Å². The molecular weight excluding hydrogens is 779 g/mol. The van der Waals surface area contributed by atoms with Gasteiger partial charge in [0, 0.05) is 12.8 Å². The Bertz CT molecular complexity index is 982. The highest BCUT2D eigenvalue weighted by Crippen LogP contribution is 2.17. The summed E-state index contributed by atoms with van der Waals surface area (Å²) >= 11 is 0. The zero-order valence-corrected chi connectivity index (χ0v) is 42.3. The summed E-state index contributed by atoms with van der Waals surface area (Å²) in [6, 6.07) is -0.627. The lowest BCUT2D eigenvalue weighted by molar-refractivity contribution is -0.143. The van der Waals surface area contributed by atoms with Gasteiger partial charge in [0.05, 0.1) is 25.4 Å². The first-order chi connectivity index (χ1) is 31.0. The molecule has 2 unspecified atom stereocenters. The highest BCUT2D eigenvalue weighted by molar-refractivity contribution is 5.76. The lowest BCUT2D eigenvalue weighted by Gasteiger charge is -2.20. The maximum Gasteiger partial charge on any atom is 0.305 e. The molecule has 0 aromatic carbocycles. The Kier molecular flexibility index (Phi) is 51.6. The molecule has 0 aromatic heterocycles. The summed E-state index contributed by atoms with van der Waals surface area (Å²) in [5.41, 5.74) is 0. The van der Waals surface area contributed by atoms with Crippen molar-refractivity contribution in [2.75, 3.05) is 13.2 Å². The van der Waals surface area contributed by atoms with Gasteiger partial charge in [-0.15, -0.1) is 0 Å². The number of aliphatic hydroxyl groups is 2. The number of hydrogen-bond donors (Lipinski definition) is 3. The summed E-state index contributed by atoms with van der Waals surface area (Å²) in [5.74, 6) is -0.0692. The molecule has 63 heavy (non-hydrogen) atoms. The van der Waals surface area contributed by atoms with Crippen LogP contribution in [0, 0.1) is 0 Å². The minimum absolute atomic E-state index is 0.00234. The van der Waals surface area contributed by atoms with Gasteiger partial charge in [-0.1, -0.05) is 256 Å². The summed E-state index contributed by atoms with van der Waals surface area (Å²) in [6.45, 7) is 4.88. The van der Waals surface area contributed by atoms with Crippen LogP contribution in [-0.2, 0) is 14.3 Å². The van der Waals surface area contributed by atoms with Crippen LogP contribution in [0.1, 0.15) is 303 Å². The molecule has 0 rings (SSSR count). The van der Waals surface area contributed by atoms with Gasteiger partial charge in [0.2, 0.25) is 5.91 Å². The van der Waals surface area contributed by atoms with E-state index < -0.39 is 12.1 Å². The lowest BCUT2D eigenvalue weighted by atomic mass is 10.0. The van der Waals surface area contributed by atoms with E-state index in [0.717, 1.165) is 44.9 Å². The van der Waals surface area contributed by atoms with Gasteiger partial charge in [0.25, 0.3) is 0 Å². The molecule has 0 aromatic rings. The monoisotopic (exact) mass is 888 g/mol. The maximum absolute atomic E-state index is 12.4. The second kappa shape index (κ2) is 53.0. The number of amides is 1. The zero-order valence-electron chi connectivity index (χ0n) is 42.3. The van der Waals surface area contributed by atoms with Crippen molar-refractivity contribution in [3.05, 3.63) is 24.3 Å². The molecule has 0 bridgehead atoms. The van der Waals surface area contributed by atoms with E-state index >= 15 is 0 Å². The molecule has 0 spiro atoms. The summed E-state index contributed by atoms with van der Waals surface area (Å²) in [7, 11) is 0. The predicted molar refractivity (Wildman–Crippen MR) is 273 cm³/mol. The Morgan fingerprint density at radius 3 is 1.13 bits per heavy atom. The van der Waals surface area contributed by atoms with Crippen LogP contribution >= 0.6 is 0 Å². The normalized spacial score (nSPS) is 12.8. The molecule has 0 saturated heterocycles. The largest absolute Gasteiger partial charge is 0.466 e. The highest BCUT2D eigenvalue weighted by atomic mass is 16.5. The molecule has 0 aliphatic heterocycles. The Balaban J connectivity index is 3.38. The predicted octanol–water partition coefficient (Wildman–Crippen LogP) is 17.1. The summed E-state index contributed by atoms with van der Waals surface area (Å²) < 4.78 is 5.48. The van der Waals surface area contributed by atoms with Crippen molar-refractivity contribution in [1.29, 1.82) is 0 Å². The molecule has 0 fully saturated rings.